The quantitative estimate of drug-likeness (QED) is 0.431. The number of benzene rings is 2. The molecule has 1 fully saturated rings. The van der Waals surface area contributed by atoms with Crippen molar-refractivity contribution in [3.8, 4) is 22.3 Å². The van der Waals surface area contributed by atoms with Gasteiger partial charge in [0.05, 0.1) is 18.1 Å². The highest BCUT2D eigenvalue weighted by Crippen LogP contribution is 2.30. The molecule has 0 unspecified atom stereocenters. The van der Waals surface area contributed by atoms with E-state index in [4.69, 9.17) is 5.73 Å². The molecule has 0 aliphatic carbocycles. The largest absolute Gasteiger partial charge is 0.366 e. The van der Waals surface area contributed by atoms with E-state index in [2.05, 4.69) is 26.5 Å². The van der Waals surface area contributed by atoms with E-state index in [0.29, 0.717) is 5.56 Å². The van der Waals surface area contributed by atoms with Gasteiger partial charge in [-0.1, -0.05) is 24.3 Å². The number of nitrogens with one attached hydrogen (secondary N) is 1. The third kappa shape index (κ3) is 4.70. The molecule has 1 aliphatic rings. The van der Waals surface area contributed by atoms with Crippen LogP contribution in [0.2, 0.25) is 0 Å². The molecule has 3 N–H and O–H groups in total. The van der Waals surface area contributed by atoms with Crippen molar-refractivity contribution in [3.05, 3.63) is 90.0 Å². The van der Waals surface area contributed by atoms with Crippen molar-refractivity contribution in [1.82, 2.24) is 19.8 Å². The second-order valence-electron chi connectivity index (χ2n) is 8.78. The van der Waals surface area contributed by atoms with Gasteiger partial charge in [0.25, 0.3) is 0 Å². The van der Waals surface area contributed by atoms with Gasteiger partial charge in [-0.05, 0) is 79.4 Å². The van der Waals surface area contributed by atoms with E-state index in [9.17, 15) is 4.79 Å². The molecule has 7 heteroatoms. The number of rotatable bonds is 7. The van der Waals surface area contributed by atoms with Crippen LogP contribution >= 0.6 is 0 Å². The van der Waals surface area contributed by atoms with Gasteiger partial charge in [-0.2, -0.15) is 9.89 Å². The van der Waals surface area contributed by atoms with E-state index in [0.717, 1.165) is 53.1 Å². The molecule has 0 radical (unpaired) electrons. The second-order valence-corrected chi connectivity index (χ2v) is 8.78. The maximum absolute atomic E-state index is 12.2. The van der Waals surface area contributed by atoms with E-state index in [1.807, 2.05) is 61.8 Å². The Morgan fingerprint density at radius 2 is 1.88 bits per heavy atom. The second kappa shape index (κ2) is 9.49. The molecule has 2 aromatic carbocycles. The summed E-state index contributed by atoms with van der Waals surface area (Å²) in [6.07, 6.45) is 9.78. The lowest BCUT2D eigenvalue weighted by atomic mass is 9.95. The highest BCUT2D eigenvalue weighted by Gasteiger charge is 2.16. The minimum absolute atomic E-state index is 0.425. The summed E-state index contributed by atoms with van der Waals surface area (Å²) in [4.78, 5) is 20.5. The van der Waals surface area contributed by atoms with Crippen molar-refractivity contribution < 1.29 is 4.79 Å². The van der Waals surface area contributed by atoms with Crippen molar-refractivity contribution >= 4 is 11.6 Å². The normalized spacial score (nSPS) is 13.8. The Morgan fingerprint density at radius 1 is 1.03 bits per heavy atom. The summed E-state index contributed by atoms with van der Waals surface area (Å²) in [5, 5.41) is 4.45. The Labute approximate surface area is 199 Å². The lowest BCUT2D eigenvalue weighted by molar-refractivity contribution is 0.100. The number of nitrogens with zero attached hydrogens (tertiary/aromatic N) is 4. The number of hydrogen-bond acceptors (Lipinski definition) is 5. The minimum Gasteiger partial charge on any atom is -0.366 e. The van der Waals surface area contributed by atoms with Gasteiger partial charge < -0.3 is 5.73 Å². The van der Waals surface area contributed by atoms with E-state index in [1.165, 1.54) is 18.4 Å². The average Bonchev–Trinajstić information content (AvgIpc) is 3.53. The first kappa shape index (κ1) is 21.9. The molecule has 0 bridgehead atoms. The third-order valence-electron chi connectivity index (χ3n) is 6.32. The Kier molecular flexibility index (Phi) is 6.10. The van der Waals surface area contributed by atoms with Gasteiger partial charge in [0.15, 0.2) is 0 Å². The van der Waals surface area contributed by atoms with Crippen molar-refractivity contribution in [2.24, 2.45) is 5.73 Å². The fraction of sp³-hybridized carbons (Fsp3) is 0.222. The molecule has 0 saturated carbocycles. The van der Waals surface area contributed by atoms with E-state index in [-0.39, 0.29) is 0 Å². The Balaban J connectivity index is 1.45. The van der Waals surface area contributed by atoms with Gasteiger partial charge >= 0.3 is 0 Å². The summed E-state index contributed by atoms with van der Waals surface area (Å²) in [5.41, 5.74) is 16.5. The summed E-state index contributed by atoms with van der Waals surface area (Å²) < 4.78 is 0. The summed E-state index contributed by atoms with van der Waals surface area (Å²) in [6, 6.07) is 16.0. The lowest BCUT2D eigenvalue weighted by Gasteiger charge is -2.17. The lowest BCUT2D eigenvalue weighted by Crippen LogP contribution is -2.19. The molecule has 0 atom stereocenters. The SMILES string of the molecule is Cc1ccc(-c2cc(CN3CCCC3)ccc2C(N)=O)cc1Nn1cc(-c2cccnc2)cn1. The average molecular weight is 453 g/mol. The van der Waals surface area contributed by atoms with Crippen LogP contribution in [0.15, 0.2) is 73.3 Å². The van der Waals surface area contributed by atoms with Gasteiger partial charge in [-0.25, -0.2) is 0 Å². The van der Waals surface area contributed by atoms with Gasteiger partial charge in [0, 0.05) is 35.6 Å². The third-order valence-corrected chi connectivity index (χ3v) is 6.32. The van der Waals surface area contributed by atoms with Crippen molar-refractivity contribution in [3.63, 3.8) is 0 Å². The molecule has 5 rings (SSSR count). The number of amides is 1. The van der Waals surface area contributed by atoms with Crippen LogP contribution in [0, 0.1) is 6.92 Å². The number of carbonyl (C=O) groups is 1. The zero-order valence-electron chi connectivity index (χ0n) is 19.2. The molecule has 1 amide bonds. The van der Waals surface area contributed by atoms with E-state index in [1.54, 1.807) is 17.2 Å². The van der Waals surface area contributed by atoms with Crippen LogP contribution < -0.4 is 11.2 Å². The van der Waals surface area contributed by atoms with Crippen LogP contribution in [0.25, 0.3) is 22.3 Å². The molecule has 1 aliphatic heterocycles. The van der Waals surface area contributed by atoms with Crippen molar-refractivity contribution in [2.45, 2.75) is 26.3 Å². The fourth-order valence-corrected chi connectivity index (χ4v) is 4.44. The molecule has 3 heterocycles. The smallest absolute Gasteiger partial charge is 0.249 e. The van der Waals surface area contributed by atoms with Crippen molar-refractivity contribution in [2.75, 3.05) is 18.5 Å². The topological polar surface area (TPSA) is 89.1 Å². The van der Waals surface area contributed by atoms with E-state index < -0.39 is 5.91 Å². The highest BCUT2D eigenvalue weighted by molar-refractivity contribution is 6.00. The molecule has 0 spiro atoms. The predicted octanol–water partition coefficient (Wildman–Crippen LogP) is 4.49. The number of aryl methyl sites for hydroxylation is 1. The van der Waals surface area contributed by atoms with Crippen LogP contribution in [-0.2, 0) is 6.54 Å². The molecule has 7 nitrogen and oxygen atoms in total. The Hall–Kier alpha value is -3.97. The molecule has 1 saturated heterocycles. The number of hydrogen-bond donors (Lipinski definition) is 2. The summed E-state index contributed by atoms with van der Waals surface area (Å²) in [6.45, 7) is 5.16. The number of pyridine rings is 1. The minimum atomic E-state index is -0.425. The first-order chi connectivity index (χ1) is 16.6. The van der Waals surface area contributed by atoms with Crippen LogP contribution in [0.3, 0.4) is 0 Å². The standard InChI is InChI=1S/C27H28N6O/c1-19-6-8-21(14-26(19)31-33-18-23(16-30-33)22-5-4-10-29-15-22)25-13-20(7-9-24(25)27(28)34)17-32-11-2-3-12-32/h4-10,13-16,18,31H,2-3,11-12,17H2,1H3,(H2,28,34). The molecule has 172 valence electrons. The first-order valence-corrected chi connectivity index (χ1v) is 11.5. The zero-order chi connectivity index (χ0) is 23.5. The monoisotopic (exact) mass is 452 g/mol. The number of aromatic nitrogens is 3. The summed E-state index contributed by atoms with van der Waals surface area (Å²) in [7, 11) is 0. The van der Waals surface area contributed by atoms with Crippen LogP contribution in [-0.4, -0.2) is 38.8 Å². The van der Waals surface area contributed by atoms with E-state index >= 15 is 0 Å². The molecular formula is C27H28N6O. The predicted molar refractivity (Wildman–Crippen MR) is 134 cm³/mol. The molecule has 2 aromatic heterocycles. The first-order valence-electron chi connectivity index (χ1n) is 11.5. The highest BCUT2D eigenvalue weighted by atomic mass is 16.1. The van der Waals surface area contributed by atoms with Crippen LogP contribution in [0.4, 0.5) is 5.69 Å². The maximum Gasteiger partial charge on any atom is 0.249 e. The number of anilines is 1. The number of primary amides is 1. The number of likely N-dealkylation sites (tertiary alicyclic amines) is 1. The number of nitrogens with two attached hydrogens (primary N) is 1. The van der Waals surface area contributed by atoms with Gasteiger partial charge in [-0.15, -0.1) is 0 Å². The Bertz CT molecular complexity index is 1310. The zero-order valence-corrected chi connectivity index (χ0v) is 19.2. The van der Waals surface area contributed by atoms with Crippen LogP contribution in [0.1, 0.15) is 34.3 Å². The molecule has 4 aromatic rings. The maximum atomic E-state index is 12.2. The van der Waals surface area contributed by atoms with Crippen molar-refractivity contribution in [1.29, 1.82) is 0 Å². The molecular weight excluding hydrogens is 424 g/mol. The van der Waals surface area contributed by atoms with Crippen LogP contribution in [0.5, 0.6) is 0 Å². The van der Waals surface area contributed by atoms with Gasteiger partial charge in [-0.3, -0.25) is 20.1 Å². The molecule has 34 heavy (non-hydrogen) atoms. The Morgan fingerprint density at radius 3 is 2.65 bits per heavy atom. The number of carbonyl (C=O) groups excluding carboxylic acids is 1. The van der Waals surface area contributed by atoms with Gasteiger partial charge in [0.2, 0.25) is 5.91 Å². The van der Waals surface area contributed by atoms with Gasteiger partial charge in [0.1, 0.15) is 0 Å². The fourth-order valence-electron chi connectivity index (χ4n) is 4.44. The summed E-state index contributed by atoms with van der Waals surface area (Å²) >= 11 is 0. The summed E-state index contributed by atoms with van der Waals surface area (Å²) in [5.74, 6) is -0.425.